The Morgan fingerprint density at radius 3 is 2.51 bits per heavy atom. The molecule has 1 saturated heterocycles. The summed E-state index contributed by atoms with van der Waals surface area (Å²) in [6, 6.07) is 0. The monoisotopic (exact) mass is 488 g/mol. The summed E-state index contributed by atoms with van der Waals surface area (Å²) >= 11 is 0. The van der Waals surface area contributed by atoms with Crippen molar-refractivity contribution in [1.82, 2.24) is 0 Å². The lowest BCUT2D eigenvalue weighted by Gasteiger charge is -2.60. The summed E-state index contributed by atoms with van der Waals surface area (Å²) in [5.74, 6) is 3.42. The third-order valence-electron chi connectivity index (χ3n) is 12.1. The number of aliphatic hydroxyl groups is 1. The summed E-state index contributed by atoms with van der Waals surface area (Å²) < 4.78 is 12.5. The van der Waals surface area contributed by atoms with E-state index in [0.29, 0.717) is 36.0 Å². The van der Waals surface area contributed by atoms with Crippen LogP contribution in [0, 0.1) is 52.3 Å². The van der Waals surface area contributed by atoms with Gasteiger partial charge in [0.15, 0.2) is 0 Å². The first kappa shape index (κ1) is 25.7. The van der Waals surface area contributed by atoms with Crippen LogP contribution in [0.4, 0.5) is 0 Å². The Morgan fingerprint density at radius 2 is 1.86 bits per heavy atom. The number of carbonyl (C=O) groups is 2. The Bertz CT molecular complexity index is 869. The van der Waals surface area contributed by atoms with Crippen LogP contribution in [0.2, 0.25) is 0 Å². The number of fused-ring (bicyclic) bond motifs is 4. The Labute approximate surface area is 212 Å². The zero-order chi connectivity index (χ0) is 25.5. The molecule has 5 nitrogen and oxygen atoms in total. The maximum Gasteiger partial charge on any atom is 0.302 e. The second kappa shape index (κ2) is 8.55. The molecule has 0 amide bonds. The Balaban J connectivity index is 1.46. The molecule has 12 unspecified atom stereocenters. The van der Waals surface area contributed by atoms with Gasteiger partial charge in [-0.15, -0.1) is 0 Å². The van der Waals surface area contributed by atoms with Crippen LogP contribution in [0.3, 0.4) is 0 Å². The SMILES string of the molecule is CC(=O)OC1CC2(C)C(C(C)CCC(C)C(C)C)CCC2C2CC3OC34CC(O)CC(=O)C4(C)C12. The molecule has 1 spiro atoms. The van der Waals surface area contributed by atoms with Gasteiger partial charge in [-0.2, -0.15) is 0 Å². The van der Waals surface area contributed by atoms with E-state index in [2.05, 4.69) is 41.5 Å². The van der Waals surface area contributed by atoms with E-state index >= 15 is 0 Å². The first-order chi connectivity index (χ1) is 16.3. The Hall–Kier alpha value is -0.940. The second-order valence-corrected chi connectivity index (χ2v) is 14.0. The number of hydrogen-bond acceptors (Lipinski definition) is 5. The van der Waals surface area contributed by atoms with E-state index in [1.54, 1.807) is 0 Å². The van der Waals surface area contributed by atoms with E-state index in [9.17, 15) is 14.7 Å². The molecule has 0 bridgehead atoms. The van der Waals surface area contributed by atoms with Crippen molar-refractivity contribution in [3.63, 3.8) is 0 Å². The van der Waals surface area contributed by atoms with Gasteiger partial charge in [0.2, 0.25) is 0 Å². The normalized spacial score (nSPS) is 50.0. The molecule has 5 heteroatoms. The van der Waals surface area contributed by atoms with Crippen molar-refractivity contribution in [2.45, 2.75) is 124 Å². The van der Waals surface area contributed by atoms with Crippen molar-refractivity contribution in [2.24, 2.45) is 52.3 Å². The number of ether oxygens (including phenoxy) is 2. The lowest BCUT2D eigenvalue weighted by Crippen LogP contribution is -2.66. The number of epoxide rings is 1. The van der Waals surface area contributed by atoms with Crippen LogP contribution >= 0.6 is 0 Å². The van der Waals surface area contributed by atoms with Crippen molar-refractivity contribution in [2.75, 3.05) is 0 Å². The molecule has 12 atom stereocenters. The fourth-order valence-corrected chi connectivity index (χ4v) is 9.93. The minimum absolute atomic E-state index is 0.0155. The highest BCUT2D eigenvalue weighted by atomic mass is 16.6. The van der Waals surface area contributed by atoms with E-state index < -0.39 is 17.1 Å². The van der Waals surface area contributed by atoms with E-state index in [4.69, 9.17) is 9.47 Å². The van der Waals surface area contributed by atoms with Gasteiger partial charge in [0, 0.05) is 25.7 Å². The minimum Gasteiger partial charge on any atom is -0.462 e. The molecular formula is C30H48O5. The molecule has 1 N–H and O–H groups in total. The molecule has 4 saturated carbocycles. The summed E-state index contributed by atoms with van der Waals surface area (Å²) in [5.41, 5.74) is -1.13. The van der Waals surface area contributed by atoms with Crippen molar-refractivity contribution >= 4 is 11.8 Å². The first-order valence-corrected chi connectivity index (χ1v) is 14.4. The second-order valence-electron chi connectivity index (χ2n) is 14.0. The number of rotatable bonds is 6. The number of aliphatic hydroxyl groups excluding tert-OH is 1. The standard InChI is InChI=1S/C30H48O5/c1-16(2)17(3)8-9-18(4)22-10-11-23-21-13-26-30(35-26)14-20(32)12-25(33)29(30,7)27(21)24(34-19(5)31)15-28(22,23)6/h16-18,20-24,26-27,32H,8-15H2,1-7H3. The molecule has 1 heterocycles. The highest BCUT2D eigenvalue weighted by Crippen LogP contribution is 2.74. The lowest BCUT2D eigenvalue weighted by atomic mass is 9.43. The topological polar surface area (TPSA) is 76.1 Å². The van der Waals surface area contributed by atoms with Gasteiger partial charge in [-0.1, -0.05) is 47.5 Å². The Morgan fingerprint density at radius 1 is 1.14 bits per heavy atom. The highest BCUT2D eigenvalue weighted by Gasteiger charge is 2.80. The number of Topliss-reactive ketones (excluding diaryl/α,β-unsaturated/α-hetero) is 1. The van der Waals surface area contributed by atoms with Crippen LogP contribution in [0.25, 0.3) is 0 Å². The van der Waals surface area contributed by atoms with Gasteiger partial charge in [0.05, 0.1) is 17.6 Å². The summed E-state index contributed by atoms with van der Waals surface area (Å²) in [6.45, 7) is 15.5. The first-order valence-electron chi connectivity index (χ1n) is 14.4. The smallest absolute Gasteiger partial charge is 0.302 e. The average Bonchev–Trinajstić information content (AvgIpc) is 3.34. The molecule has 0 aromatic heterocycles. The lowest BCUT2D eigenvalue weighted by molar-refractivity contribution is -0.194. The predicted molar refractivity (Wildman–Crippen MR) is 134 cm³/mol. The van der Waals surface area contributed by atoms with E-state index in [0.717, 1.165) is 18.8 Å². The van der Waals surface area contributed by atoms with Gasteiger partial charge in [-0.05, 0) is 73.5 Å². The summed E-state index contributed by atoms with van der Waals surface area (Å²) in [7, 11) is 0. The van der Waals surface area contributed by atoms with Crippen molar-refractivity contribution in [3.05, 3.63) is 0 Å². The van der Waals surface area contributed by atoms with Crippen molar-refractivity contribution in [1.29, 1.82) is 0 Å². The number of esters is 1. The van der Waals surface area contributed by atoms with Gasteiger partial charge >= 0.3 is 5.97 Å². The van der Waals surface area contributed by atoms with E-state index in [1.165, 1.54) is 32.6 Å². The molecule has 0 radical (unpaired) electrons. The summed E-state index contributed by atoms with van der Waals surface area (Å²) in [6.07, 6.45) is 6.63. The molecule has 35 heavy (non-hydrogen) atoms. The van der Waals surface area contributed by atoms with Crippen molar-refractivity contribution in [3.8, 4) is 0 Å². The molecule has 4 aliphatic carbocycles. The zero-order valence-corrected chi connectivity index (χ0v) is 23.0. The minimum atomic E-state index is -0.683. The molecule has 0 aromatic carbocycles. The number of ketones is 1. The largest absolute Gasteiger partial charge is 0.462 e. The van der Waals surface area contributed by atoms with Crippen LogP contribution in [-0.4, -0.2) is 40.8 Å². The molecule has 5 rings (SSSR count). The van der Waals surface area contributed by atoms with E-state index in [1.807, 2.05) is 0 Å². The van der Waals surface area contributed by atoms with E-state index in [-0.39, 0.29) is 41.7 Å². The van der Waals surface area contributed by atoms with Gasteiger partial charge < -0.3 is 14.6 Å². The highest BCUT2D eigenvalue weighted by molar-refractivity contribution is 5.89. The van der Waals surface area contributed by atoms with Gasteiger partial charge in [0.1, 0.15) is 17.5 Å². The molecular weight excluding hydrogens is 440 g/mol. The third kappa shape index (κ3) is 3.68. The fraction of sp³-hybridized carbons (Fsp3) is 0.933. The maximum atomic E-state index is 13.6. The summed E-state index contributed by atoms with van der Waals surface area (Å²) in [5, 5.41) is 10.5. The predicted octanol–water partition coefficient (Wildman–Crippen LogP) is 5.57. The van der Waals surface area contributed by atoms with Crippen LogP contribution in [0.5, 0.6) is 0 Å². The van der Waals surface area contributed by atoms with Crippen molar-refractivity contribution < 1.29 is 24.2 Å². The maximum absolute atomic E-state index is 13.6. The fourth-order valence-electron chi connectivity index (χ4n) is 9.93. The van der Waals surface area contributed by atoms with Gasteiger partial charge in [0.25, 0.3) is 0 Å². The zero-order valence-electron chi connectivity index (χ0n) is 23.0. The quantitative estimate of drug-likeness (QED) is 0.391. The third-order valence-corrected chi connectivity index (χ3v) is 12.1. The van der Waals surface area contributed by atoms with Crippen LogP contribution in [-0.2, 0) is 19.1 Å². The molecule has 0 aromatic rings. The molecule has 198 valence electrons. The van der Waals surface area contributed by atoms with Gasteiger partial charge in [-0.25, -0.2) is 0 Å². The molecule has 1 aliphatic heterocycles. The molecule has 5 fully saturated rings. The van der Waals surface area contributed by atoms with Crippen LogP contribution in [0.1, 0.15) is 99.8 Å². The number of hydrogen-bond donors (Lipinski definition) is 1. The molecule has 5 aliphatic rings. The van der Waals surface area contributed by atoms with Crippen LogP contribution in [0.15, 0.2) is 0 Å². The number of carbonyl (C=O) groups excluding carboxylic acids is 2. The summed E-state index contributed by atoms with van der Waals surface area (Å²) in [4.78, 5) is 26.0. The Kier molecular flexibility index (Phi) is 6.27. The van der Waals surface area contributed by atoms with Gasteiger partial charge in [-0.3, -0.25) is 9.59 Å². The van der Waals surface area contributed by atoms with Crippen LogP contribution < -0.4 is 0 Å². The average molecular weight is 489 g/mol.